The molecular weight excluding hydrogens is 392 g/mol. The van der Waals surface area contributed by atoms with Gasteiger partial charge in [-0.2, -0.15) is 0 Å². The minimum Gasteiger partial charge on any atom is -0.127 e. The van der Waals surface area contributed by atoms with Crippen molar-refractivity contribution in [2.75, 3.05) is 0 Å². The van der Waals surface area contributed by atoms with Gasteiger partial charge in [0.1, 0.15) is 16.1 Å². The summed E-state index contributed by atoms with van der Waals surface area (Å²) in [6.07, 6.45) is 0. The van der Waals surface area contributed by atoms with Crippen molar-refractivity contribution in [2.45, 2.75) is 39.3 Å². The van der Waals surface area contributed by atoms with Gasteiger partial charge in [0, 0.05) is 11.1 Å². The van der Waals surface area contributed by atoms with Crippen LogP contribution in [-0.4, -0.2) is 16.1 Å². The van der Waals surface area contributed by atoms with Crippen LogP contribution >= 0.6 is 0 Å². The zero-order valence-corrected chi connectivity index (χ0v) is 20.8. The fourth-order valence-electron chi connectivity index (χ4n) is 3.56. The van der Waals surface area contributed by atoms with Crippen molar-refractivity contribution >= 4 is 48.5 Å². The molecule has 0 bridgehead atoms. The molecule has 0 amide bonds. The molecule has 0 spiro atoms. The molecule has 0 aliphatic heterocycles. The normalized spacial score (nSPS) is 11.8. The van der Waals surface area contributed by atoms with Gasteiger partial charge in [-0.05, 0) is 56.6 Å². The van der Waals surface area contributed by atoms with Gasteiger partial charge in [0.15, 0.2) is 0 Å². The summed E-state index contributed by atoms with van der Waals surface area (Å²) in [6.45, 7) is 13.7. The van der Waals surface area contributed by atoms with Gasteiger partial charge in [0.2, 0.25) is 0 Å². The van der Waals surface area contributed by atoms with Crippen LogP contribution in [0.25, 0.3) is 32.3 Å². The van der Waals surface area contributed by atoms with Gasteiger partial charge >= 0.3 is 0 Å². The third kappa shape index (κ3) is 4.52. The number of fused-ring (bicyclic) bond motifs is 5. The molecule has 0 aromatic heterocycles. The second-order valence-corrected chi connectivity index (χ2v) is 19.6. The Morgan fingerprint density at radius 1 is 0.467 bits per heavy atom. The number of benzene rings is 4. The Bertz CT molecular complexity index is 1300. The van der Waals surface area contributed by atoms with Gasteiger partial charge in [0.05, 0.1) is 0 Å². The second kappa shape index (κ2) is 7.48. The summed E-state index contributed by atoms with van der Waals surface area (Å²) in [7, 11) is -2.74. The first-order valence-electron chi connectivity index (χ1n) is 10.5. The summed E-state index contributed by atoms with van der Waals surface area (Å²) >= 11 is 0. The fraction of sp³-hybridized carbons (Fsp3) is 0.214. The third-order valence-electron chi connectivity index (χ3n) is 5.00. The highest BCUT2D eigenvalue weighted by Gasteiger charge is 2.09. The van der Waals surface area contributed by atoms with Gasteiger partial charge in [-0.25, -0.2) is 0 Å². The molecule has 0 nitrogen and oxygen atoms in total. The molecule has 0 fully saturated rings. The summed E-state index contributed by atoms with van der Waals surface area (Å²) in [4.78, 5) is 0. The Hall–Kier alpha value is -2.79. The first-order chi connectivity index (χ1) is 14.1. The molecule has 0 saturated carbocycles. The van der Waals surface area contributed by atoms with Gasteiger partial charge in [-0.15, -0.1) is 11.1 Å². The molecule has 0 aliphatic rings. The Morgan fingerprint density at radius 3 is 1.20 bits per heavy atom. The van der Waals surface area contributed by atoms with Crippen LogP contribution < -0.4 is 0 Å². The molecule has 4 aromatic carbocycles. The lowest BCUT2D eigenvalue weighted by molar-refractivity contribution is 1.70. The average Bonchev–Trinajstić information content (AvgIpc) is 2.68. The lowest BCUT2D eigenvalue weighted by Gasteiger charge is -2.09. The smallest absolute Gasteiger partial charge is 0.127 e. The van der Waals surface area contributed by atoms with Crippen LogP contribution in [0.5, 0.6) is 0 Å². The van der Waals surface area contributed by atoms with Crippen molar-refractivity contribution in [1.29, 1.82) is 0 Å². The summed E-state index contributed by atoms with van der Waals surface area (Å²) < 4.78 is 0. The van der Waals surface area contributed by atoms with Crippen LogP contribution in [0.1, 0.15) is 11.1 Å². The Morgan fingerprint density at radius 2 is 0.833 bits per heavy atom. The lowest BCUT2D eigenvalue weighted by atomic mass is 9.95. The van der Waals surface area contributed by atoms with Crippen LogP contribution in [0.15, 0.2) is 60.7 Å². The molecule has 0 atom stereocenters. The molecule has 148 valence electrons. The van der Waals surface area contributed by atoms with Crippen LogP contribution in [0.3, 0.4) is 0 Å². The van der Waals surface area contributed by atoms with Gasteiger partial charge < -0.3 is 0 Å². The van der Waals surface area contributed by atoms with Crippen LogP contribution in [-0.2, 0) is 0 Å². The molecule has 0 heterocycles. The van der Waals surface area contributed by atoms with Crippen molar-refractivity contribution in [3.63, 3.8) is 0 Å². The third-order valence-corrected chi connectivity index (χ3v) is 6.75. The SMILES string of the molecule is C[Si](C)(C)C#Cc1ccc2c(ccc3c4ccc(C#C[Si](C)(C)C)cc4ccc23)c1. The van der Waals surface area contributed by atoms with E-state index >= 15 is 0 Å². The Kier molecular flexibility index (Phi) is 5.10. The molecule has 4 aromatic rings. The Labute approximate surface area is 182 Å². The predicted octanol–water partition coefficient (Wildman–Crippen LogP) is 7.60. The van der Waals surface area contributed by atoms with E-state index in [9.17, 15) is 0 Å². The van der Waals surface area contributed by atoms with Crippen LogP contribution in [0.4, 0.5) is 0 Å². The molecule has 0 saturated heterocycles. The van der Waals surface area contributed by atoms with Crippen LogP contribution in [0, 0.1) is 22.9 Å². The fourth-order valence-corrected chi connectivity index (χ4v) is 4.60. The van der Waals surface area contributed by atoms with Crippen molar-refractivity contribution in [2.24, 2.45) is 0 Å². The topological polar surface area (TPSA) is 0 Å². The molecular formula is C28H28Si2. The quantitative estimate of drug-likeness (QED) is 0.156. The van der Waals surface area contributed by atoms with E-state index < -0.39 is 16.1 Å². The van der Waals surface area contributed by atoms with Crippen molar-refractivity contribution in [1.82, 2.24) is 0 Å². The molecule has 2 heteroatoms. The standard InChI is InChI=1S/C28H28Si2/c1-29(2,3)17-15-21-7-11-25-23(19-21)9-13-28-26-12-8-22(16-18-30(4,5)6)20-24(26)10-14-27(25)28/h7-14,19-20H,1-6H3. The van der Waals surface area contributed by atoms with E-state index in [1.165, 1.54) is 32.3 Å². The number of hydrogen-bond donors (Lipinski definition) is 0. The minimum atomic E-state index is -1.37. The molecule has 30 heavy (non-hydrogen) atoms. The average molecular weight is 421 g/mol. The maximum Gasteiger partial charge on any atom is 0.129 e. The molecule has 0 N–H and O–H groups in total. The van der Waals surface area contributed by atoms with E-state index in [4.69, 9.17) is 0 Å². The van der Waals surface area contributed by atoms with Gasteiger partial charge in [-0.3, -0.25) is 0 Å². The summed E-state index contributed by atoms with van der Waals surface area (Å²) in [6, 6.07) is 22.2. The molecule has 0 aliphatic carbocycles. The first-order valence-corrected chi connectivity index (χ1v) is 17.5. The highest BCUT2D eigenvalue weighted by atomic mass is 28.3. The highest BCUT2D eigenvalue weighted by molar-refractivity contribution is 6.84. The molecule has 0 unspecified atom stereocenters. The van der Waals surface area contributed by atoms with Crippen molar-refractivity contribution < 1.29 is 0 Å². The van der Waals surface area contributed by atoms with Crippen LogP contribution in [0.2, 0.25) is 39.3 Å². The van der Waals surface area contributed by atoms with Crippen molar-refractivity contribution in [3.8, 4) is 22.9 Å². The van der Waals surface area contributed by atoms with Gasteiger partial charge in [0.25, 0.3) is 0 Å². The molecule has 0 radical (unpaired) electrons. The van der Waals surface area contributed by atoms with E-state index in [1.54, 1.807) is 0 Å². The minimum absolute atomic E-state index is 1.11. The number of hydrogen-bond acceptors (Lipinski definition) is 0. The maximum atomic E-state index is 3.47. The zero-order valence-electron chi connectivity index (χ0n) is 18.8. The Balaban J connectivity index is 1.83. The lowest BCUT2D eigenvalue weighted by Crippen LogP contribution is -2.16. The second-order valence-electron chi connectivity index (χ2n) is 10.1. The maximum absolute atomic E-state index is 3.47. The van der Waals surface area contributed by atoms with E-state index in [-0.39, 0.29) is 0 Å². The van der Waals surface area contributed by atoms with E-state index in [0.29, 0.717) is 0 Å². The highest BCUT2D eigenvalue weighted by Crippen LogP contribution is 2.32. The monoisotopic (exact) mass is 420 g/mol. The summed E-state index contributed by atoms with van der Waals surface area (Å²) in [5.41, 5.74) is 9.15. The largest absolute Gasteiger partial charge is 0.129 e. The van der Waals surface area contributed by atoms with E-state index in [2.05, 4.69) is 123 Å². The zero-order chi connectivity index (χ0) is 21.5. The first kappa shape index (κ1) is 20.5. The predicted molar refractivity (Wildman–Crippen MR) is 139 cm³/mol. The van der Waals surface area contributed by atoms with Gasteiger partial charge in [-0.1, -0.05) is 87.5 Å². The number of rotatable bonds is 0. The van der Waals surface area contributed by atoms with Crippen molar-refractivity contribution in [3.05, 3.63) is 71.8 Å². The summed E-state index contributed by atoms with van der Waals surface area (Å²) in [5.74, 6) is 6.77. The van der Waals surface area contributed by atoms with E-state index in [0.717, 1.165) is 11.1 Å². The molecule has 4 rings (SSSR count). The van der Waals surface area contributed by atoms with E-state index in [1.807, 2.05) is 0 Å². The summed E-state index contributed by atoms with van der Waals surface area (Å²) in [5, 5.41) is 7.67.